The third-order valence-corrected chi connectivity index (χ3v) is 3.20. The van der Waals surface area contributed by atoms with Crippen LogP contribution in [-0.2, 0) is 0 Å². The molecule has 0 N–H and O–H groups in total. The molecule has 1 amide bonds. The molecule has 1 aliphatic carbocycles. The number of rotatable bonds is 5. The highest BCUT2D eigenvalue weighted by Gasteiger charge is 2.34. The third-order valence-electron chi connectivity index (χ3n) is 3.20. The van der Waals surface area contributed by atoms with Crippen LogP contribution in [0.3, 0.4) is 0 Å². The van der Waals surface area contributed by atoms with E-state index in [0.717, 1.165) is 25.0 Å². The van der Waals surface area contributed by atoms with Crippen LogP contribution >= 0.6 is 0 Å². The Morgan fingerprint density at radius 2 is 2.15 bits per heavy atom. The van der Waals surface area contributed by atoms with Crippen molar-refractivity contribution in [2.45, 2.75) is 32.7 Å². The zero-order valence-corrected chi connectivity index (χ0v) is 11.5. The Labute approximate surface area is 116 Å². The molecule has 20 heavy (non-hydrogen) atoms. The van der Waals surface area contributed by atoms with Crippen molar-refractivity contribution in [3.05, 3.63) is 39.7 Å². The second kappa shape index (κ2) is 5.56. The smallest absolute Gasteiger partial charge is 0.305 e. The van der Waals surface area contributed by atoms with Gasteiger partial charge in [-0.1, -0.05) is 13.8 Å². The zero-order chi connectivity index (χ0) is 14.9. The molecule has 2 rings (SSSR count). The molecule has 0 aromatic heterocycles. The average Bonchev–Trinajstić information content (AvgIpc) is 3.19. The number of carbonyl (C=O) groups excluding carboxylic acids is 1. The van der Waals surface area contributed by atoms with Crippen LogP contribution in [-0.4, -0.2) is 28.3 Å². The Morgan fingerprint density at radius 1 is 1.50 bits per heavy atom. The fourth-order valence-corrected chi connectivity index (χ4v) is 2.13. The molecule has 1 fully saturated rings. The van der Waals surface area contributed by atoms with Crippen molar-refractivity contribution in [2.24, 2.45) is 5.92 Å². The largest absolute Gasteiger partial charge is 0.335 e. The summed E-state index contributed by atoms with van der Waals surface area (Å²) in [5.74, 6) is -0.868. The van der Waals surface area contributed by atoms with Crippen molar-refractivity contribution >= 4 is 11.6 Å². The Hall–Kier alpha value is -1.98. The van der Waals surface area contributed by atoms with Gasteiger partial charge in [0.15, 0.2) is 0 Å². The van der Waals surface area contributed by atoms with Gasteiger partial charge < -0.3 is 4.90 Å². The number of hydrogen-bond donors (Lipinski definition) is 0. The molecule has 1 aromatic carbocycles. The van der Waals surface area contributed by atoms with Crippen LogP contribution in [0.15, 0.2) is 18.2 Å². The van der Waals surface area contributed by atoms with Crippen LogP contribution in [0.2, 0.25) is 0 Å². The van der Waals surface area contributed by atoms with E-state index in [9.17, 15) is 19.3 Å². The van der Waals surface area contributed by atoms with Gasteiger partial charge in [-0.05, 0) is 30.9 Å². The molecule has 0 aliphatic heterocycles. The van der Waals surface area contributed by atoms with E-state index in [1.807, 2.05) is 13.8 Å². The van der Waals surface area contributed by atoms with Crippen LogP contribution in [0, 0.1) is 21.8 Å². The molecule has 108 valence electrons. The summed E-state index contributed by atoms with van der Waals surface area (Å²) in [5.41, 5.74) is -0.484. The highest BCUT2D eigenvalue weighted by atomic mass is 19.1. The van der Waals surface area contributed by atoms with Crippen molar-refractivity contribution in [1.82, 2.24) is 4.90 Å². The Kier molecular flexibility index (Phi) is 4.01. The first-order chi connectivity index (χ1) is 9.40. The van der Waals surface area contributed by atoms with Gasteiger partial charge in [0.2, 0.25) is 5.82 Å². The molecule has 0 heterocycles. The predicted molar refractivity (Wildman–Crippen MR) is 72.0 cm³/mol. The van der Waals surface area contributed by atoms with E-state index in [4.69, 9.17) is 0 Å². The molecule has 0 bridgehead atoms. The number of carbonyl (C=O) groups is 1. The van der Waals surface area contributed by atoms with Gasteiger partial charge in [0.1, 0.15) is 0 Å². The summed E-state index contributed by atoms with van der Waals surface area (Å²) in [6, 6.07) is 3.52. The van der Waals surface area contributed by atoms with Crippen LogP contribution in [0.4, 0.5) is 10.1 Å². The summed E-state index contributed by atoms with van der Waals surface area (Å²) in [5, 5.41) is 10.7. The van der Waals surface area contributed by atoms with Crippen LogP contribution in [0.5, 0.6) is 0 Å². The normalized spacial score (nSPS) is 14.4. The summed E-state index contributed by atoms with van der Waals surface area (Å²) < 4.78 is 13.3. The number of hydrogen-bond acceptors (Lipinski definition) is 3. The van der Waals surface area contributed by atoms with Gasteiger partial charge in [-0.15, -0.1) is 0 Å². The van der Waals surface area contributed by atoms with Gasteiger partial charge in [-0.25, -0.2) is 0 Å². The van der Waals surface area contributed by atoms with Gasteiger partial charge in [-0.2, -0.15) is 4.39 Å². The summed E-state index contributed by atoms with van der Waals surface area (Å²) in [6.45, 7) is 4.63. The van der Waals surface area contributed by atoms with Gasteiger partial charge in [-0.3, -0.25) is 14.9 Å². The van der Waals surface area contributed by atoms with Gasteiger partial charge in [0, 0.05) is 24.2 Å². The summed E-state index contributed by atoms with van der Waals surface area (Å²) in [4.78, 5) is 24.1. The predicted octanol–water partition coefficient (Wildman–Crippen LogP) is 2.99. The van der Waals surface area contributed by atoms with E-state index in [0.29, 0.717) is 12.5 Å². The number of amides is 1. The highest BCUT2D eigenvalue weighted by molar-refractivity contribution is 5.95. The fraction of sp³-hybridized carbons (Fsp3) is 0.500. The fourth-order valence-electron chi connectivity index (χ4n) is 2.13. The molecule has 0 spiro atoms. The van der Waals surface area contributed by atoms with Gasteiger partial charge in [0.25, 0.3) is 5.91 Å². The molecular weight excluding hydrogens is 263 g/mol. The van der Waals surface area contributed by atoms with Crippen molar-refractivity contribution < 1.29 is 14.1 Å². The van der Waals surface area contributed by atoms with Gasteiger partial charge in [0.05, 0.1) is 4.92 Å². The van der Waals surface area contributed by atoms with Crippen molar-refractivity contribution in [1.29, 1.82) is 0 Å². The van der Waals surface area contributed by atoms with E-state index in [2.05, 4.69) is 0 Å². The Bertz CT molecular complexity index is 541. The maximum atomic E-state index is 13.3. The summed E-state index contributed by atoms with van der Waals surface area (Å²) >= 11 is 0. The Morgan fingerprint density at radius 3 is 2.65 bits per heavy atom. The molecule has 1 saturated carbocycles. The number of nitro groups is 1. The molecule has 1 aliphatic rings. The number of nitro benzene ring substituents is 1. The summed E-state index contributed by atoms with van der Waals surface area (Å²) in [6.07, 6.45) is 1.92. The van der Waals surface area contributed by atoms with Crippen molar-refractivity contribution in [3.63, 3.8) is 0 Å². The molecule has 0 unspecified atom stereocenters. The zero-order valence-electron chi connectivity index (χ0n) is 11.5. The first-order valence-electron chi connectivity index (χ1n) is 6.65. The monoisotopic (exact) mass is 280 g/mol. The van der Waals surface area contributed by atoms with E-state index in [1.54, 1.807) is 4.90 Å². The SMILES string of the molecule is CC(C)CN(C(=O)c1ccc(F)c([N+](=O)[O-])c1)C1CC1. The van der Waals surface area contributed by atoms with Crippen LogP contribution in [0.25, 0.3) is 0 Å². The van der Waals surface area contributed by atoms with Crippen molar-refractivity contribution in [3.8, 4) is 0 Å². The average molecular weight is 280 g/mol. The lowest BCUT2D eigenvalue weighted by molar-refractivity contribution is -0.387. The first kappa shape index (κ1) is 14.4. The minimum atomic E-state index is -0.923. The maximum absolute atomic E-state index is 13.3. The molecule has 1 aromatic rings. The highest BCUT2D eigenvalue weighted by Crippen LogP contribution is 2.30. The third kappa shape index (κ3) is 3.12. The standard InChI is InChI=1S/C14H17FN2O3/c1-9(2)8-16(11-4-5-11)14(18)10-3-6-12(15)13(7-10)17(19)20/h3,6-7,9,11H,4-5,8H2,1-2H3. The topological polar surface area (TPSA) is 63.5 Å². The molecule has 0 radical (unpaired) electrons. The second-order valence-electron chi connectivity index (χ2n) is 5.51. The number of halogens is 1. The molecular formula is C14H17FN2O3. The maximum Gasteiger partial charge on any atom is 0.305 e. The minimum absolute atomic E-state index is 0.172. The van der Waals surface area contributed by atoms with E-state index in [-0.39, 0.29) is 17.5 Å². The first-order valence-corrected chi connectivity index (χ1v) is 6.65. The lowest BCUT2D eigenvalue weighted by Gasteiger charge is -2.24. The summed E-state index contributed by atoms with van der Waals surface area (Å²) in [7, 11) is 0. The molecule has 5 nitrogen and oxygen atoms in total. The van der Waals surface area contributed by atoms with E-state index in [1.165, 1.54) is 6.07 Å². The van der Waals surface area contributed by atoms with Crippen molar-refractivity contribution in [2.75, 3.05) is 6.54 Å². The van der Waals surface area contributed by atoms with Crippen LogP contribution in [0.1, 0.15) is 37.0 Å². The van der Waals surface area contributed by atoms with E-state index < -0.39 is 16.4 Å². The number of benzene rings is 1. The van der Waals surface area contributed by atoms with Crippen LogP contribution < -0.4 is 0 Å². The number of nitrogens with zero attached hydrogens (tertiary/aromatic N) is 2. The molecule has 6 heteroatoms. The van der Waals surface area contributed by atoms with Gasteiger partial charge >= 0.3 is 5.69 Å². The molecule has 0 saturated heterocycles. The minimum Gasteiger partial charge on any atom is -0.335 e. The second-order valence-corrected chi connectivity index (χ2v) is 5.51. The quantitative estimate of drug-likeness (QED) is 0.615. The van der Waals surface area contributed by atoms with E-state index >= 15 is 0 Å². The Balaban J connectivity index is 2.27. The lowest BCUT2D eigenvalue weighted by atomic mass is 10.1. The lowest BCUT2D eigenvalue weighted by Crippen LogP contribution is -2.36. The molecule has 0 atom stereocenters.